The molecule has 1 atom stereocenters. The van der Waals surface area contributed by atoms with Crippen molar-refractivity contribution in [1.29, 1.82) is 0 Å². The Morgan fingerprint density at radius 3 is 2.68 bits per heavy atom. The van der Waals surface area contributed by atoms with Crippen LogP contribution in [0.3, 0.4) is 0 Å². The maximum Gasteiger partial charge on any atom is 0.291 e. The van der Waals surface area contributed by atoms with Gasteiger partial charge in [0, 0.05) is 21.1 Å². The quantitative estimate of drug-likeness (QED) is 0.306. The molecule has 4 rings (SSSR count). The van der Waals surface area contributed by atoms with Crippen molar-refractivity contribution in [3.8, 4) is 0 Å². The van der Waals surface area contributed by atoms with E-state index in [4.69, 9.17) is 4.42 Å². The summed E-state index contributed by atoms with van der Waals surface area (Å²) in [7, 11) is 0. The summed E-state index contributed by atoms with van der Waals surface area (Å²) in [5, 5.41) is 7.43. The molecule has 31 heavy (non-hydrogen) atoms. The molecule has 0 saturated carbocycles. The molecule has 0 aliphatic carbocycles. The van der Waals surface area contributed by atoms with Crippen LogP contribution in [-0.2, 0) is 0 Å². The van der Waals surface area contributed by atoms with Gasteiger partial charge in [0.1, 0.15) is 10.8 Å². The van der Waals surface area contributed by atoms with Crippen LogP contribution >= 0.6 is 27.3 Å². The third kappa shape index (κ3) is 4.73. The fourth-order valence-corrected chi connectivity index (χ4v) is 4.94. The van der Waals surface area contributed by atoms with E-state index in [0.29, 0.717) is 0 Å². The molecule has 2 N–H and O–H groups in total. The molecule has 0 radical (unpaired) electrons. The Morgan fingerprint density at radius 1 is 1.13 bits per heavy atom. The maximum absolute atomic E-state index is 12.7. The third-order valence-corrected chi connectivity index (χ3v) is 6.71. The SMILES string of the molecule is Cc1ccnc(N[C@H](c2cccc(Br)c2)c2c(NC(=O)c3ccco3)sc(C)c2C)c1. The number of aryl methyl sites for hydroxylation is 2. The van der Waals surface area contributed by atoms with Crippen molar-refractivity contribution in [2.45, 2.75) is 26.8 Å². The summed E-state index contributed by atoms with van der Waals surface area (Å²) in [4.78, 5) is 18.4. The first kappa shape index (κ1) is 21.3. The summed E-state index contributed by atoms with van der Waals surface area (Å²) in [5.74, 6) is 0.785. The Labute approximate surface area is 193 Å². The van der Waals surface area contributed by atoms with Crippen molar-refractivity contribution in [3.05, 3.63) is 98.4 Å². The zero-order chi connectivity index (χ0) is 22.0. The molecule has 4 aromatic rings. The number of nitrogens with one attached hydrogen (secondary N) is 2. The van der Waals surface area contributed by atoms with Crippen molar-refractivity contribution >= 4 is 44.0 Å². The van der Waals surface area contributed by atoms with Crippen LogP contribution in [0.25, 0.3) is 0 Å². The number of thiophene rings is 1. The van der Waals surface area contributed by atoms with Gasteiger partial charge in [0.25, 0.3) is 5.91 Å². The molecule has 1 amide bonds. The van der Waals surface area contributed by atoms with E-state index in [-0.39, 0.29) is 17.7 Å². The lowest BCUT2D eigenvalue weighted by molar-refractivity contribution is 0.0997. The molecule has 3 aromatic heterocycles. The van der Waals surface area contributed by atoms with E-state index < -0.39 is 0 Å². The average molecular weight is 496 g/mol. The molecule has 158 valence electrons. The first-order valence-electron chi connectivity index (χ1n) is 9.82. The lowest BCUT2D eigenvalue weighted by Crippen LogP contribution is -2.17. The molecule has 0 aliphatic rings. The number of rotatable bonds is 6. The summed E-state index contributed by atoms with van der Waals surface area (Å²) in [6, 6.07) is 15.3. The standard InChI is InChI=1S/C24H22BrN3O2S/c1-14-9-10-26-20(12-14)27-22(17-6-4-7-18(25)13-17)21-15(2)16(3)31-24(21)28-23(29)19-8-5-11-30-19/h4-13,22H,1-3H3,(H,26,27)(H,28,29)/t22-/m1/s1. The number of pyridine rings is 1. The van der Waals surface area contributed by atoms with Gasteiger partial charge in [-0.1, -0.05) is 28.1 Å². The molecule has 0 saturated heterocycles. The van der Waals surface area contributed by atoms with E-state index in [9.17, 15) is 4.79 Å². The molecule has 0 bridgehead atoms. The second kappa shape index (κ2) is 9.08. The highest BCUT2D eigenvalue weighted by atomic mass is 79.9. The average Bonchev–Trinajstić information content (AvgIpc) is 3.36. The number of carbonyl (C=O) groups is 1. The fraction of sp³-hybridized carbons (Fsp3) is 0.167. The summed E-state index contributed by atoms with van der Waals surface area (Å²) in [6.45, 7) is 6.19. The Kier molecular flexibility index (Phi) is 6.25. The molecular weight excluding hydrogens is 474 g/mol. The Bertz CT molecular complexity index is 1220. The molecule has 0 aliphatic heterocycles. The summed E-state index contributed by atoms with van der Waals surface area (Å²) >= 11 is 5.15. The van der Waals surface area contributed by atoms with Crippen LogP contribution in [0.15, 0.2) is 69.9 Å². The first-order valence-corrected chi connectivity index (χ1v) is 11.4. The van der Waals surface area contributed by atoms with Gasteiger partial charge >= 0.3 is 0 Å². The largest absolute Gasteiger partial charge is 0.459 e. The minimum absolute atomic E-state index is 0.205. The fourth-order valence-electron chi connectivity index (χ4n) is 3.43. The van der Waals surface area contributed by atoms with Crippen LogP contribution in [0.5, 0.6) is 0 Å². The monoisotopic (exact) mass is 495 g/mol. The van der Waals surface area contributed by atoms with Crippen LogP contribution < -0.4 is 10.6 Å². The van der Waals surface area contributed by atoms with Gasteiger partial charge in [0.15, 0.2) is 5.76 Å². The molecule has 7 heteroatoms. The van der Waals surface area contributed by atoms with Crippen molar-refractivity contribution in [2.75, 3.05) is 10.6 Å². The topological polar surface area (TPSA) is 67.2 Å². The zero-order valence-electron chi connectivity index (χ0n) is 17.4. The van der Waals surface area contributed by atoms with Crippen LogP contribution in [-0.4, -0.2) is 10.9 Å². The van der Waals surface area contributed by atoms with Crippen LogP contribution in [0, 0.1) is 20.8 Å². The number of amides is 1. The highest BCUT2D eigenvalue weighted by Crippen LogP contribution is 2.41. The van der Waals surface area contributed by atoms with Crippen molar-refractivity contribution < 1.29 is 9.21 Å². The molecule has 5 nitrogen and oxygen atoms in total. The summed E-state index contributed by atoms with van der Waals surface area (Å²) < 4.78 is 6.26. The zero-order valence-corrected chi connectivity index (χ0v) is 19.8. The van der Waals surface area contributed by atoms with E-state index >= 15 is 0 Å². The van der Waals surface area contributed by atoms with Crippen LogP contribution in [0.4, 0.5) is 10.8 Å². The lowest BCUT2D eigenvalue weighted by atomic mass is 9.96. The first-order chi connectivity index (χ1) is 14.9. The Morgan fingerprint density at radius 2 is 1.97 bits per heavy atom. The smallest absolute Gasteiger partial charge is 0.291 e. The molecule has 3 heterocycles. The predicted molar refractivity (Wildman–Crippen MR) is 129 cm³/mol. The number of nitrogens with zero attached hydrogens (tertiary/aromatic N) is 1. The lowest BCUT2D eigenvalue weighted by Gasteiger charge is -2.22. The second-order valence-electron chi connectivity index (χ2n) is 7.31. The normalized spacial score (nSPS) is 11.9. The van der Waals surface area contributed by atoms with Crippen LogP contribution in [0.1, 0.15) is 43.7 Å². The van der Waals surface area contributed by atoms with Gasteiger partial charge in [-0.3, -0.25) is 4.79 Å². The van der Waals surface area contributed by atoms with Gasteiger partial charge in [-0.05, 0) is 73.9 Å². The van der Waals surface area contributed by atoms with Gasteiger partial charge in [-0.15, -0.1) is 11.3 Å². The number of halogens is 1. The van der Waals surface area contributed by atoms with E-state index in [0.717, 1.165) is 42.4 Å². The minimum Gasteiger partial charge on any atom is -0.459 e. The molecule has 1 aromatic carbocycles. The van der Waals surface area contributed by atoms with Crippen molar-refractivity contribution in [2.24, 2.45) is 0 Å². The molecular formula is C24H22BrN3O2S. The third-order valence-electron chi connectivity index (χ3n) is 5.08. The van der Waals surface area contributed by atoms with Gasteiger partial charge in [0.2, 0.25) is 0 Å². The highest BCUT2D eigenvalue weighted by molar-refractivity contribution is 9.10. The maximum atomic E-state index is 12.7. The second-order valence-corrected chi connectivity index (χ2v) is 9.45. The van der Waals surface area contributed by atoms with Crippen LogP contribution in [0.2, 0.25) is 0 Å². The Balaban J connectivity index is 1.79. The number of anilines is 2. The number of benzene rings is 1. The predicted octanol–water partition coefficient (Wildman–Crippen LogP) is 6.88. The number of hydrogen-bond donors (Lipinski definition) is 2. The number of hydrogen-bond acceptors (Lipinski definition) is 5. The van der Waals surface area contributed by atoms with E-state index in [1.807, 2.05) is 31.2 Å². The van der Waals surface area contributed by atoms with E-state index in [1.54, 1.807) is 29.7 Å². The minimum atomic E-state index is -0.269. The molecule has 0 fully saturated rings. The van der Waals surface area contributed by atoms with Gasteiger partial charge in [0.05, 0.1) is 12.3 Å². The summed E-state index contributed by atoms with van der Waals surface area (Å²) in [5.41, 5.74) is 4.33. The van der Waals surface area contributed by atoms with Gasteiger partial charge in [-0.25, -0.2) is 4.98 Å². The van der Waals surface area contributed by atoms with E-state index in [2.05, 4.69) is 57.5 Å². The number of furan rings is 1. The van der Waals surface area contributed by atoms with Crippen molar-refractivity contribution in [1.82, 2.24) is 4.98 Å². The highest BCUT2D eigenvalue weighted by Gasteiger charge is 2.26. The Hall–Kier alpha value is -2.90. The number of carbonyl (C=O) groups excluding carboxylic acids is 1. The molecule has 0 unspecified atom stereocenters. The summed E-state index contributed by atoms with van der Waals surface area (Å²) in [6.07, 6.45) is 3.29. The van der Waals surface area contributed by atoms with Gasteiger partial charge < -0.3 is 15.1 Å². The van der Waals surface area contributed by atoms with E-state index in [1.165, 1.54) is 6.26 Å². The van der Waals surface area contributed by atoms with Gasteiger partial charge in [-0.2, -0.15) is 0 Å². The molecule has 0 spiro atoms. The van der Waals surface area contributed by atoms with Crippen molar-refractivity contribution in [3.63, 3.8) is 0 Å². The number of aromatic nitrogens is 1.